The molecule has 89 heavy (non-hydrogen) atoms. The van der Waals surface area contributed by atoms with E-state index in [1.807, 2.05) is 66.4 Å². The first-order valence-corrected chi connectivity index (χ1v) is 32.2. The molecule has 0 radical (unpaired) electrons. The first-order chi connectivity index (χ1) is 42.0. The molecule has 2 aromatic carbocycles. The van der Waals surface area contributed by atoms with Crippen molar-refractivity contribution in [2.75, 3.05) is 107 Å². The number of carbonyl (C=O) groups is 3. The number of sulfone groups is 1. The van der Waals surface area contributed by atoms with Crippen LogP contribution in [0, 0.1) is 19.7 Å². The Kier molecular flexibility index (Phi) is 18.3. The molecule has 23 nitrogen and oxygen atoms in total. The average Bonchev–Trinajstić information content (AvgIpc) is 2.06. The van der Waals surface area contributed by atoms with Crippen LogP contribution in [0.15, 0.2) is 70.9 Å². The van der Waals surface area contributed by atoms with E-state index >= 15 is 0 Å². The van der Waals surface area contributed by atoms with Crippen LogP contribution in [0.25, 0.3) is 10.9 Å². The molecule has 4 aliphatic rings. The van der Waals surface area contributed by atoms with Gasteiger partial charge in [0.1, 0.15) is 34.2 Å². The lowest BCUT2D eigenvalue weighted by atomic mass is 9.90. The maximum atomic E-state index is 14.8. The summed E-state index contributed by atoms with van der Waals surface area (Å²) in [6.07, 6.45) is 5.14. The number of benzene rings is 2. The highest BCUT2D eigenvalue weighted by atomic mass is 32.2. The Bertz CT molecular complexity index is 3780. The minimum absolute atomic E-state index is 0.0327. The second kappa shape index (κ2) is 25.3. The molecule has 0 bridgehead atoms. The van der Waals surface area contributed by atoms with Crippen molar-refractivity contribution in [2.24, 2.45) is 7.05 Å². The molecule has 0 aliphatic carbocycles. The fourth-order valence-electron chi connectivity index (χ4n) is 12.5. The van der Waals surface area contributed by atoms with Gasteiger partial charge in [-0.3, -0.25) is 34.2 Å². The number of aromatic nitrogens is 7. The lowest BCUT2D eigenvalue weighted by molar-refractivity contribution is -0.121. The Morgan fingerprint density at radius 2 is 1.56 bits per heavy atom. The standard InChI is InChI=1S/C64H86FN15O8S/c1-40-33-77(25-24-76(40)35-48-36-79(61(84)88-62(5,6)7)41(2)34-78(48)37-54(81)80-38-64(11,12)55-51(80)28-45(58(82)73(55)13)27-44-15-17-47(65)18-16-44)60-66-31-46(32-67-60)59(83)75-22-20-74(21-23-75)19-14-26-87-52-30-50-49(29-53(52)89(85,86)63(8,9)10)57(69-39-68-50)70-56-42(3)43(4)71-72-56/h15-18,28-32,39-41,48H,14,19-27,33-38H2,1-13H3,(H2,68,69,70,71,72)/t40-,41-,48+/m1/s1. The summed E-state index contributed by atoms with van der Waals surface area (Å²) in [5.41, 5.74) is 4.17. The molecule has 0 spiro atoms. The van der Waals surface area contributed by atoms with Crippen molar-refractivity contribution < 1.29 is 36.7 Å². The fraction of sp³-hybridized carbons (Fsp3) is 0.547. The lowest BCUT2D eigenvalue weighted by Crippen LogP contribution is -2.65. The second-order valence-corrected chi connectivity index (χ2v) is 29.7. The predicted molar refractivity (Wildman–Crippen MR) is 340 cm³/mol. The van der Waals surface area contributed by atoms with Gasteiger partial charge in [-0.15, -0.1) is 0 Å². The van der Waals surface area contributed by atoms with Gasteiger partial charge in [0.2, 0.25) is 11.9 Å². The maximum Gasteiger partial charge on any atom is 0.410 e. The monoisotopic (exact) mass is 1240 g/mol. The molecule has 3 saturated heterocycles. The van der Waals surface area contributed by atoms with Crippen LogP contribution in [-0.4, -0.2) is 206 Å². The van der Waals surface area contributed by atoms with Crippen LogP contribution in [0.2, 0.25) is 0 Å². The van der Waals surface area contributed by atoms with E-state index in [4.69, 9.17) is 19.4 Å². The summed E-state index contributed by atoms with van der Waals surface area (Å²) in [6.45, 7) is 29.6. The van der Waals surface area contributed by atoms with E-state index in [0.29, 0.717) is 137 Å². The highest BCUT2D eigenvalue weighted by Gasteiger charge is 2.44. The zero-order valence-corrected chi connectivity index (χ0v) is 54.5. The van der Waals surface area contributed by atoms with Crippen molar-refractivity contribution in [1.82, 2.24) is 59.2 Å². The van der Waals surface area contributed by atoms with Gasteiger partial charge >= 0.3 is 6.09 Å². The van der Waals surface area contributed by atoms with Gasteiger partial charge in [-0.05, 0) is 105 Å². The van der Waals surface area contributed by atoms with Crippen molar-refractivity contribution in [1.29, 1.82) is 0 Å². The van der Waals surface area contributed by atoms with Gasteiger partial charge in [0.05, 0.1) is 40.4 Å². The number of pyridine rings is 1. The normalized spacial score (nSPS) is 19.6. The SMILES string of the molecule is Cc1[nH]nc(Nc2ncnc3cc(OCCCN4CCN(C(=O)c5cnc(N6CCN(C[C@H]7CN(C(=O)OC(C)(C)C)[C@H](C)CN7CC(=O)N7CC(C)(C)c8c7cc(Cc7ccc(F)cc7)c(=O)n8C)[C@H](C)C6)nc5)CC4)c(S(=O)(=O)C(C)(C)C)cc23)c1C. The molecular formula is C64H86FN15O8S. The molecule has 10 rings (SSSR count). The highest BCUT2D eigenvalue weighted by Crippen LogP contribution is 2.41. The maximum absolute atomic E-state index is 14.8. The number of amides is 3. The van der Waals surface area contributed by atoms with Crippen molar-refractivity contribution in [2.45, 2.75) is 135 Å². The number of anilines is 4. The number of hydrogen-bond acceptors (Lipinski definition) is 18. The summed E-state index contributed by atoms with van der Waals surface area (Å²) in [7, 11) is -2.11. The van der Waals surface area contributed by atoms with Crippen LogP contribution in [0.1, 0.15) is 114 Å². The molecule has 8 heterocycles. The number of carbonyl (C=O) groups excluding carboxylic acids is 3. The Morgan fingerprint density at radius 1 is 0.854 bits per heavy atom. The van der Waals surface area contributed by atoms with Gasteiger partial charge in [-0.25, -0.2) is 37.5 Å². The molecule has 0 saturated carbocycles. The van der Waals surface area contributed by atoms with Gasteiger partial charge in [0.15, 0.2) is 15.7 Å². The van der Waals surface area contributed by atoms with E-state index in [-0.39, 0.29) is 65.1 Å². The van der Waals surface area contributed by atoms with Crippen molar-refractivity contribution in [3.8, 4) is 5.75 Å². The minimum Gasteiger partial charge on any atom is -0.492 e. The summed E-state index contributed by atoms with van der Waals surface area (Å²) < 4.78 is 54.6. The van der Waals surface area contributed by atoms with Crippen LogP contribution < -0.4 is 25.4 Å². The predicted octanol–water partition coefficient (Wildman–Crippen LogP) is 6.88. The molecule has 6 aromatic rings. The van der Waals surface area contributed by atoms with Gasteiger partial charge in [-0.2, -0.15) is 5.10 Å². The number of nitrogens with one attached hydrogen (secondary N) is 2. The number of aromatic amines is 1. The number of fused-ring (bicyclic) bond motifs is 2. The number of halogens is 1. The van der Waals surface area contributed by atoms with Gasteiger partial charge in [-0.1, -0.05) is 26.0 Å². The average molecular weight is 1240 g/mol. The number of piperazine rings is 3. The largest absolute Gasteiger partial charge is 0.492 e. The van der Waals surface area contributed by atoms with E-state index in [2.05, 4.69) is 52.0 Å². The van der Waals surface area contributed by atoms with E-state index in [0.717, 1.165) is 22.5 Å². The zero-order valence-electron chi connectivity index (χ0n) is 53.7. The van der Waals surface area contributed by atoms with E-state index in [9.17, 15) is 32.0 Å². The third-order valence-electron chi connectivity index (χ3n) is 17.7. The summed E-state index contributed by atoms with van der Waals surface area (Å²) in [4.78, 5) is 89.0. The molecule has 4 aliphatic heterocycles. The molecule has 0 unspecified atom stereocenters. The van der Waals surface area contributed by atoms with Crippen LogP contribution in [-0.2, 0) is 38.3 Å². The number of H-pyrrole nitrogens is 1. The lowest BCUT2D eigenvalue weighted by Gasteiger charge is -2.48. The van der Waals surface area contributed by atoms with Crippen LogP contribution in [0.4, 0.5) is 32.5 Å². The number of aryl methyl sites for hydroxylation is 1. The minimum atomic E-state index is -3.86. The summed E-state index contributed by atoms with van der Waals surface area (Å²) in [6, 6.07) is 10.7. The van der Waals surface area contributed by atoms with Crippen LogP contribution in [0.3, 0.4) is 0 Å². The van der Waals surface area contributed by atoms with E-state index in [1.165, 1.54) is 18.5 Å². The Balaban J connectivity index is 0.739. The fourth-order valence-corrected chi connectivity index (χ4v) is 13.8. The van der Waals surface area contributed by atoms with Crippen molar-refractivity contribution >= 4 is 61.9 Å². The molecule has 25 heteroatoms. The summed E-state index contributed by atoms with van der Waals surface area (Å²) in [5, 5.41) is 11.1. The molecule has 4 aromatic heterocycles. The molecule has 2 N–H and O–H groups in total. The highest BCUT2D eigenvalue weighted by molar-refractivity contribution is 7.92. The molecule has 478 valence electrons. The van der Waals surface area contributed by atoms with Crippen molar-refractivity contribution in [3.63, 3.8) is 0 Å². The third kappa shape index (κ3) is 13.9. The molecular weight excluding hydrogens is 1160 g/mol. The van der Waals surface area contributed by atoms with Gasteiger partial charge in [0.25, 0.3) is 11.5 Å². The zero-order chi connectivity index (χ0) is 64.1. The number of nitrogens with zero attached hydrogens (tertiary/aromatic N) is 13. The summed E-state index contributed by atoms with van der Waals surface area (Å²) >= 11 is 0. The smallest absolute Gasteiger partial charge is 0.410 e. The van der Waals surface area contributed by atoms with E-state index < -0.39 is 31.7 Å². The van der Waals surface area contributed by atoms with Crippen molar-refractivity contribution in [3.05, 3.63) is 111 Å². The second-order valence-electron chi connectivity index (χ2n) is 27.0. The quantitative estimate of drug-likeness (QED) is 0.0939. The first kappa shape index (κ1) is 64.4. The van der Waals surface area contributed by atoms with Gasteiger partial charge < -0.3 is 39.0 Å². The van der Waals surface area contributed by atoms with Gasteiger partial charge in [0, 0.05) is 156 Å². The first-order valence-electron chi connectivity index (χ1n) is 30.8. The Hall–Kier alpha value is -7.61. The Labute approximate surface area is 520 Å². The topological polar surface area (TPSA) is 241 Å². The van der Waals surface area contributed by atoms with E-state index in [1.54, 1.807) is 78.8 Å². The molecule has 3 fully saturated rings. The molecule has 3 atom stereocenters. The Morgan fingerprint density at radius 3 is 2.21 bits per heavy atom. The number of hydrogen-bond donors (Lipinski definition) is 2. The van der Waals surface area contributed by atoms with Crippen LogP contribution in [0.5, 0.6) is 5.75 Å². The summed E-state index contributed by atoms with van der Waals surface area (Å²) in [5.74, 6) is 1.17. The number of rotatable bonds is 16. The molecule has 3 amide bonds. The van der Waals surface area contributed by atoms with Crippen LogP contribution >= 0.6 is 0 Å². The number of ether oxygens (including phenoxy) is 2. The third-order valence-corrected chi connectivity index (χ3v) is 20.2.